The second-order valence-electron chi connectivity index (χ2n) is 3.49. The average molecular weight is 235 g/mol. The van der Waals surface area contributed by atoms with E-state index < -0.39 is 42.5 Å². The number of rotatable bonds is 2. The molecule has 5 N–H and O–H groups in total. The summed E-state index contributed by atoms with van der Waals surface area (Å²) in [5, 5.41) is 39.0. The van der Waals surface area contributed by atoms with Crippen molar-refractivity contribution in [3.05, 3.63) is 0 Å². The van der Waals surface area contributed by atoms with E-state index in [1.165, 1.54) is 0 Å². The molecule has 16 heavy (non-hydrogen) atoms. The van der Waals surface area contributed by atoms with Gasteiger partial charge in [0.25, 0.3) is 0 Å². The van der Waals surface area contributed by atoms with Gasteiger partial charge in [-0.15, -0.1) is 0 Å². The molecule has 8 nitrogen and oxygen atoms in total. The van der Waals surface area contributed by atoms with Gasteiger partial charge in [-0.25, -0.2) is 4.79 Å². The largest absolute Gasteiger partial charge is 0.479 e. The normalized spacial score (nSPS) is 39.1. The maximum Gasteiger partial charge on any atom is 0.335 e. The molecule has 0 aromatic carbocycles. The van der Waals surface area contributed by atoms with Crippen molar-refractivity contribution in [3.8, 4) is 0 Å². The van der Waals surface area contributed by atoms with E-state index in [0.717, 1.165) is 6.92 Å². The lowest BCUT2D eigenvalue weighted by Crippen LogP contribution is -2.64. The van der Waals surface area contributed by atoms with Crippen LogP contribution in [-0.2, 0) is 14.3 Å². The zero-order valence-electron chi connectivity index (χ0n) is 8.40. The Morgan fingerprint density at radius 3 is 2.19 bits per heavy atom. The molecule has 0 aromatic heterocycles. The second kappa shape index (κ2) is 4.74. The molecule has 0 radical (unpaired) electrons. The number of aliphatic hydroxyl groups excluding tert-OH is 3. The van der Waals surface area contributed by atoms with Gasteiger partial charge < -0.3 is 30.5 Å². The summed E-state index contributed by atoms with van der Waals surface area (Å²) in [7, 11) is 0. The summed E-state index contributed by atoms with van der Waals surface area (Å²) in [5.41, 5.74) is 0. The molecule has 92 valence electrons. The zero-order valence-corrected chi connectivity index (χ0v) is 8.40. The lowest BCUT2D eigenvalue weighted by Gasteiger charge is -2.39. The summed E-state index contributed by atoms with van der Waals surface area (Å²) in [6.45, 7) is 1.15. The first-order valence-corrected chi connectivity index (χ1v) is 4.54. The molecule has 1 heterocycles. The summed E-state index contributed by atoms with van der Waals surface area (Å²) in [5.74, 6) is -2.06. The third kappa shape index (κ3) is 2.47. The van der Waals surface area contributed by atoms with Crippen LogP contribution in [0.2, 0.25) is 0 Å². The van der Waals surface area contributed by atoms with Crippen LogP contribution < -0.4 is 5.32 Å². The van der Waals surface area contributed by atoms with E-state index in [1.807, 2.05) is 0 Å². The van der Waals surface area contributed by atoms with Gasteiger partial charge >= 0.3 is 5.97 Å². The molecule has 1 amide bonds. The molecule has 5 atom stereocenters. The van der Waals surface area contributed by atoms with Crippen LogP contribution in [0.4, 0.5) is 0 Å². The van der Waals surface area contributed by atoms with E-state index in [2.05, 4.69) is 10.1 Å². The molecule has 0 saturated carbocycles. The number of carboxylic acids is 1. The van der Waals surface area contributed by atoms with Crippen LogP contribution in [0.15, 0.2) is 0 Å². The molecular weight excluding hydrogens is 222 g/mol. The Balaban J connectivity index is 2.79. The minimum atomic E-state index is -1.73. The van der Waals surface area contributed by atoms with Crippen LogP contribution in [0.3, 0.4) is 0 Å². The number of amides is 1. The van der Waals surface area contributed by atoms with Crippen molar-refractivity contribution in [1.82, 2.24) is 5.32 Å². The number of hydrogen-bond acceptors (Lipinski definition) is 6. The Labute approximate surface area is 90.5 Å². The Morgan fingerprint density at radius 1 is 1.19 bits per heavy atom. The van der Waals surface area contributed by atoms with Crippen molar-refractivity contribution >= 4 is 11.9 Å². The van der Waals surface area contributed by atoms with E-state index >= 15 is 0 Å². The van der Waals surface area contributed by atoms with Crippen LogP contribution in [-0.4, -0.2) is 62.9 Å². The van der Waals surface area contributed by atoms with Crippen LogP contribution in [0.5, 0.6) is 0 Å². The first-order valence-electron chi connectivity index (χ1n) is 4.54. The van der Waals surface area contributed by atoms with Gasteiger partial charge in [0.05, 0.1) is 0 Å². The van der Waals surface area contributed by atoms with Gasteiger partial charge in [0.15, 0.2) is 12.4 Å². The molecule has 1 fully saturated rings. The van der Waals surface area contributed by atoms with Gasteiger partial charge in [0.1, 0.15) is 18.2 Å². The Morgan fingerprint density at radius 2 is 1.75 bits per heavy atom. The first kappa shape index (κ1) is 12.8. The molecule has 8 heteroatoms. The summed E-state index contributed by atoms with van der Waals surface area (Å²) < 4.78 is 4.58. The Kier molecular flexibility index (Phi) is 3.81. The molecule has 0 bridgehead atoms. The molecule has 0 aliphatic carbocycles. The predicted molar refractivity (Wildman–Crippen MR) is 48.1 cm³/mol. The molecule has 1 saturated heterocycles. The van der Waals surface area contributed by atoms with Crippen LogP contribution in [0.25, 0.3) is 0 Å². The zero-order chi connectivity index (χ0) is 12.5. The number of carbonyl (C=O) groups excluding carboxylic acids is 1. The highest BCUT2D eigenvalue weighted by molar-refractivity contribution is 5.74. The number of carbonyl (C=O) groups is 2. The maximum absolute atomic E-state index is 10.7. The monoisotopic (exact) mass is 235 g/mol. The SMILES string of the molecule is CC(=O)N[C@H]1C(O)O[C@H](C(=O)O)[C@H](O)[C@@H]1O. The summed E-state index contributed by atoms with van der Waals surface area (Å²) in [4.78, 5) is 21.3. The lowest BCUT2D eigenvalue weighted by atomic mass is 9.97. The van der Waals surface area contributed by atoms with Crippen molar-refractivity contribution in [2.24, 2.45) is 0 Å². The molecule has 1 unspecified atom stereocenters. The fourth-order valence-electron chi connectivity index (χ4n) is 1.47. The number of aliphatic hydroxyl groups is 3. The quantitative estimate of drug-likeness (QED) is 0.344. The topological polar surface area (TPSA) is 136 Å². The number of aliphatic carboxylic acids is 1. The van der Waals surface area contributed by atoms with Crippen LogP contribution >= 0.6 is 0 Å². The Bertz CT molecular complexity index is 294. The van der Waals surface area contributed by atoms with E-state index in [1.54, 1.807) is 0 Å². The van der Waals surface area contributed by atoms with E-state index in [-0.39, 0.29) is 0 Å². The van der Waals surface area contributed by atoms with E-state index in [0.29, 0.717) is 0 Å². The highest BCUT2D eigenvalue weighted by Gasteiger charge is 2.47. The highest BCUT2D eigenvalue weighted by atomic mass is 16.6. The smallest absolute Gasteiger partial charge is 0.335 e. The molecule has 1 aliphatic heterocycles. The van der Waals surface area contributed by atoms with Crippen LogP contribution in [0, 0.1) is 0 Å². The second-order valence-corrected chi connectivity index (χ2v) is 3.49. The predicted octanol–water partition coefficient (Wildman–Crippen LogP) is -2.99. The van der Waals surface area contributed by atoms with Gasteiger partial charge in [-0.3, -0.25) is 4.79 Å². The average Bonchev–Trinajstić information content (AvgIpc) is 2.17. The fourth-order valence-corrected chi connectivity index (χ4v) is 1.47. The third-order valence-electron chi connectivity index (χ3n) is 2.23. The number of nitrogens with one attached hydrogen (secondary N) is 1. The summed E-state index contributed by atoms with van der Waals surface area (Å²) in [6.07, 6.45) is -6.76. The molecule has 0 aromatic rings. The summed E-state index contributed by atoms with van der Waals surface area (Å²) >= 11 is 0. The molecule has 0 spiro atoms. The standard InChI is InChI=1S/C8H13NO7/c1-2(10)9-3-4(11)5(12)6(7(13)14)16-8(3)15/h3-6,8,11-12,15H,1H3,(H,9,10)(H,13,14)/t3-,4-,5-,6+,8?/m1/s1. The highest BCUT2D eigenvalue weighted by Crippen LogP contribution is 2.20. The van der Waals surface area contributed by atoms with Crippen molar-refractivity contribution in [1.29, 1.82) is 0 Å². The van der Waals surface area contributed by atoms with Crippen LogP contribution in [0.1, 0.15) is 6.92 Å². The van der Waals surface area contributed by atoms with Gasteiger partial charge in [-0.2, -0.15) is 0 Å². The number of carboxylic acid groups (broad SMARTS) is 1. The van der Waals surface area contributed by atoms with Gasteiger partial charge in [-0.05, 0) is 0 Å². The lowest BCUT2D eigenvalue weighted by molar-refractivity contribution is -0.249. The number of hydrogen-bond donors (Lipinski definition) is 5. The van der Waals surface area contributed by atoms with Gasteiger partial charge in [-0.1, -0.05) is 0 Å². The third-order valence-corrected chi connectivity index (χ3v) is 2.23. The Hall–Kier alpha value is -1.22. The maximum atomic E-state index is 10.7. The summed E-state index contributed by atoms with van der Waals surface area (Å²) in [6, 6.07) is -1.26. The molecular formula is C8H13NO7. The molecule has 1 rings (SSSR count). The fraction of sp³-hybridized carbons (Fsp3) is 0.750. The number of ether oxygens (including phenoxy) is 1. The van der Waals surface area contributed by atoms with Crippen molar-refractivity contribution in [2.75, 3.05) is 0 Å². The van der Waals surface area contributed by atoms with E-state index in [9.17, 15) is 24.9 Å². The minimum absolute atomic E-state index is 0.548. The van der Waals surface area contributed by atoms with Crippen molar-refractivity contribution < 1.29 is 34.8 Å². The van der Waals surface area contributed by atoms with Crippen molar-refractivity contribution in [2.45, 2.75) is 37.6 Å². The van der Waals surface area contributed by atoms with Gasteiger partial charge in [0, 0.05) is 6.92 Å². The minimum Gasteiger partial charge on any atom is -0.479 e. The molecule has 1 aliphatic rings. The first-order chi connectivity index (χ1) is 7.34. The van der Waals surface area contributed by atoms with Crippen molar-refractivity contribution in [3.63, 3.8) is 0 Å². The van der Waals surface area contributed by atoms with Gasteiger partial charge in [0.2, 0.25) is 5.91 Å². The van der Waals surface area contributed by atoms with E-state index in [4.69, 9.17) is 5.11 Å².